The van der Waals surface area contributed by atoms with Crippen molar-refractivity contribution >= 4 is 5.97 Å². The molecule has 0 aliphatic carbocycles. The Morgan fingerprint density at radius 3 is 1.95 bits per heavy atom. The van der Waals surface area contributed by atoms with Gasteiger partial charge in [0.1, 0.15) is 5.75 Å². The lowest BCUT2D eigenvalue weighted by molar-refractivity contribution is -0.138. The van der Waals surface area contributed by atoms with E-state index in [4.69, 9.17) is 5.11 Å². The minimum absolute atomic E-state index is 0.266. The van der Waals surface area contributed by atoms with E-state index in [0.717, 1.165) is 16.7 Å². The highest BCUT2D eigenvalue weighted by atomic mass is 16.4. The van der Waals surface area contributed by atoms with E-state index < -0.39 is 11.9 Å². The molecule has 0 amide bonds. The Labute approximate surface area is 124 Å². The van der Waals surface area contributed by atoms with Gasteiger partial charge in [0.15, 0.2) is 0 Å². The molecule has 0 radical (unpaired) electrons. The summed E-state index contributed by atoms with van der Waals surface area (Å²) in [6, 6.07) is 14.7. The van der Waals surface area contributed by atoms with Crippen molar-refractivity contribution < 1.29 is 15.0 Å². The van der Waals surface area contributed by atoms with Crippen LogP contribution in [0.4, 0.5) is 0 Å². The van der Waals surface area contributed by atoms with Gasteiger partial charge in [-0.15, -0.1) is 0 Å². The molecule has 0 heterocycles. The molecule has 0 saturated heterocycles. The first-order chi connectivity index (χ1) is 10.1. The molecule has 2 aromatic rings. The number of aliphatic carboxylic acids is 1. The van der Waals surface area contributed by atoms with Crippen molar-refractivity contribution in [3.8, 4) is 5.75 Å². The fraction of sp³-hybridized carbons (Fsp3) is 0.235. The number of hydrogen-bond donors (Lipinski definition) is 3. The lowest BCUT2D eigenvalue weighted by atomic mass is 10.00. The summed E-state index contributed by atoms with van der Waals surface area (Å²) in [7, 11) is 0. The predicted octanol–water partition coefficient (Wildman–Crippen LogP) is 2.87. The lowest BCUT2D eigenvalue weighted by Crippen LogP contribution is -2.13. The smallest absolute Gasteiger partial charge is 0.310 e. The molecular weight excluding hydrogens is 266 g/mol. The Kier molecular flexibility index (Phi) is 4.95. The highest BCUT2D eigenvalue weighted by molar-refractivity contribution is 5.75. The van der Waals surface area contributed by atoms with E-state index in [1.54, 1.807) is 19.1 Å². The minimum Gasteiger partial charge on any atom is -0.508 e. The van der Waals surface area contributed by atoms with E-state index >= 15 is 0 Å². The second kappa shape index (κ2) is 6.90. The van der Waals surface area contributed by atoms with Gasteiger partial charge in [-0.3, -0.25) is 4.79 Å². The molecule has 1 unspecified atom stereocenters. The molecule has 110 valence electrons. The molecule has 0 saturated carbocycles. The van der Waals surface area contributed by atoms with E-state index in [0.29, 0.717) is 13.1 Å². The van der Waals surface area contributed by atoms with Gasteiger partial charge in [0, 0.05) is 13.1 Å². The largest absolute Gasteiger partial charge is 0.508 e. The quantitative estimate of drug-likeness (QED) is 0.763. The third kappa shape index (κ3) is 4.33. The van der Waals surface area contributed by atoms with Crippen LogP contribution in [0, 0.1) is 0 Å². The van der Waals surface area contributed by atoms with E-state index in [-0.39, 0.29) is 5.75 Å². The predicted molar refractivity (Wildman–Crippen MR) is 81.1 cm³/mol. The Morgan fingerprint density at radius 1 is 1.00 bits per heavy atom. The number of benzene rings is 2. The molecule has 4 heteroatoms. The highest BCUT2D eigenvalue weighted by Gasteiger charge is 2.12. The maximum Gasteiger partial charge on any atom is 0.310 e. The summed E-state index contributed by atoms with van der Waals surface area (Å²) in [6.45, 7) is 3.11. The molecule has 2 aromatic carbocycles. The van der Waals surface area contributed by atoms with Gasteiger partial charge < -0.3 is 15.5 Å². The molecule has 2 rings (SSSR count). The number of carboxylic acid groups (broad SMARTS) is 1. The third-order valence-electron chi connectivity index (χ3n) is 3.44. The zero-order valence-electron chi connectivity index (χ0n) is 11.9. The normalized spacial score (nSPS) is 12.0. The molecule has 0 aliphatic rings. The van der Waals surface area contributed by atoms with Crippen LogP contribution in [0.1, 0.15) is 29.5 Å². The summed E-state index contributed by atoms with van der Waals surface area (Å²) >= 11 is 0. The van der Waals surface area contributed by atoms with Crippen molar-refractivity contribution in [3.63, 3.8) is 0 Å². The molecule has 4 nitrogen and oxygen atoms in total. The monoisotopic (exact) mass is 285 g/mol. The van der Waals surface area contributed by atoms with Gasteiger partial charge in [0.2, 0.25) is 0 Å². The van der Waals surface area contributed by atoms with Crippen LogP contribution in [0.5, 0.6) is 5.75 Å². The van der Waals surface area contributed by atoms with Crippen molar-refractivity contribution in [3.05, 3.63) is 65.2 Å². The third-order valence-corrected chi connectivity index (χ3v) is 3.44. The highest BCUT2D eigenvalue weighted by Crippen LogP contribution is 2.16. The zero-order valence-corrected chi connectivity index (χ0v) is 11.9. The summed E-state index contributed by atoms with van der Waals surface area (Å²) < 4.78 is 0. The number of phenolic OH excluding ortho intramolecular Hbond substituents is 1. The number of rotatable bonds is 6. The second-order valence-corrected chi connectivity index (χ2v) is 5.07. The molecule has 3 N–H and O–H groups in total. The molecule has 0 aromatic heterocycles. The number of carbonyl (C=O) groups is 1. The molecule has 0 fully saturated rings. The van der Waals surface area contributed by atoms with Crippen LogP contribution in [0.3, 0.4) is 0 Å². The SMILES string of the molecule is CC(C(=O)O)c1ccc(CNCc2ccc(O)cc2)cc1. The first-order valence-corrected chi connectivity index (χ1v) is 6.86. The van der Waals surface area contributed by atoms with Crippen LogP contribution in [0.25, 0.3) is 0 Å². The second-order valence-electron chi connectivity index (χ2n) is 5.07. The van der Waals surface area contributed by atoms with Gasteiger partial charge in [-0.25, -0.2) is 0 Å². The molecule has 0 spiro atoms. The fourth-order valence-electron chi connectivity index (χ4n) is 2.03. The van der Waals surface area contributed by atoms with Gasteiger partial charge in [-0.1, -0.05) is 36.4 Å². The Morgan fingerprint density at radius 2 is 1.48 bits per heavy atom. The van der Waals surface area contributed by atoms with Crippen molar-refractivity contribution in [1.29, 1.82) is 0 Å². The Hall–Kier alpha value is -2.33. The summed E-state index contributed by atoms with van der Waals surface area (Å²) in [5.74, 6) is -1.03. The van der Waals surface area contributed by atoms with E-state index in [2.05, 4.69) is 5.32 Å². The van der Waals surface area contributed by atoms with Gasteiger partial charge in [0.25, 0.3) is 0 Å². The number of phenols is 1. The van der Waals surface area contributed by atoms with Crippen LogP contribution in [0.2, 0.25) is 0 Å². The van der Waals surface area contributed by atoms with Crippen molar-refractivity contribution in [2.75, 3.05) is 0 Å². The molecular formula is C17H19NO3. The minimum atomic E-state index is -0.812. The Balaban J connectivity index is 1.86. The maximum absolute atomic E-state index is 10.9. The van der Waals surface area contributed by atoms with Gasteiger partial charge in [-0.2, -0.15) is 0 Å². The number of nitrogens with one attached hydrogen (secondary N) is 1. The Bertz CT molecular complexity index is 590. The molecule has 1 atom stereocenters. The number of aromatic hydroxyl groups is 1. The summed E-state index contributed by atoms with van der Waals surface area (Å²) in [6.07, 6.45) is 0. The van der Waals surface area contributed by atoms with Crippen molar-refractivity contribution in [2.45, 2.75) is 25.9 Å². The van der Waals surface area contributed by atoms with Gasteiger partial charge >= 0.3 is 5.97 Å². The molecule has 21 heavy (non-hydrogen) atoms. The average molecular weight is 285 g/mol. The maximum atomic E-state index is 10.9. The lowest BCUT2D eigenvalue weighted by Gasteiger charge is -2.09. The van der Waals surface area contributed by atoms with Crippen LogP contribution in [0.15, 0.2) is 48.5 Å². The standard InChI is InChI=1S/C17H19NO3/c1-12(17(20)21)15-6-2-13(3-7-15)10-18-11-14-4-8-16(19)9-5-14/h2-9,12,18-19H,10-11H2,1H3,(H,20,21). The number of carboxylic acids is 1. The van der Waals surface area contributed by atoms with Crippen LogP contribution >= 0.6 is 0 Å². The summed E-state index contributed by atoms with van der Waals surface area (Å²) in [5, 5.41) is 21.5. The van der Waals surface area contributed by atoms with Crippen molar-refractivity contribution in [1.82, 2.24) is 5.32 Å². The first-order valence-electron chi connectivity index (χ1n) is 6.86. The van der Waals surface area contributed by atoms with Gasteiger partial charge in [0.05, 0.1) is 5.92 Å². The van der Waals surface area contributed by atoms with E-state index in [1.807, 2.05) is 36.4 Å². The molecule has 0 aliphatic heterocycles. The summed E-state index contributed by atoms with van der Waals surface area (Å²) in [5.41, 5.74) is 3.02. The van der Waals surface area contributed by atoms with Crippen LogP contribution in [-0.2, 0) is 17.9 Å². The number of hydrogen-bond acceptors (Lipinski definition) is 3. The van der Waals surface area contributed by atoms with Crippen LogP contribution < -0.4 is 5.32 Å². The average Bonchev–Trinajstić information content (AvgIpc) is 2.49. The topological polar surface area (TPSA) is 69.6 Å². The van der Waals surface area contributed by atoms with E-state index in [9.17, 15) is 9.90 Å². The first kappa shape index (κ1) is 15.1. The van der Waals surface area contributed by atoms with Crippen molar-refractivity contribution in [2.24, 2.45) is 0 Å². The molecule has 0 bridgehead atoms. The van der Waals surface area contributed by atoms with Crippen LogP contribution in [-0.4, -0.2) is 16.2 Å². The summed E-state index contributed by atoms with van der Waals surface area (Å²) in [4.78, 5) is 10.9. The fourth-order valence-corrected chi connectivity index (χ4v) is 2.03. The van der Waals surface area contributed by atoms with Gasteiger partial charge in [-0.05, 0) is 35.7 Å². The zero-order chi connectivity index (χ0) is 15.2. The van der Waals surface area contributed by atoms with E-state index in [1.165, 1.54) is 0 Å².